The molecule has 2 fully saturated rings. The van der Waals surface area contributed by atoms with E-state index in [1.807, 2.05) is 51.1 Å². The molecule has 192 valence electrons. The molecule has 0 aromatic heterocycles. The van der Waals surface area contributed by atoms with Crippen LogP contribution in [0.1, 0.15) is 11.5 Å². The van der Waals surface area contributed by atoms with Crippen LogP contribution in [-0.4, -0.2) is 106 Å². The number of carbonyl (C=O) groups is 2. The van der Waals surface area contributed by atoms with E-state index in [0.717, 1.165) is 62.0 Å². The van der Waals surface area contributed by atoms with Gasteiger partial charge in [-0.2, -0.15) is 0 Å². The van der Waals surface area contributed by atoms with Gasteiger partial charge in [0.2, 0.25) is 11.8 Å². The van der Waals surface area contributed by atoms with Crippen LogP contribution in [0.5, 0.6) is 5.75 Å². The van der Waals surface area contributed by atoms with E-state index >= 15 is 0 Å². The van der Waals surface area contributed by atoms with Gasteiger partial charge in [0.15, 0.2) is 0 Å². The number of likely N-dealkylation sites (N-methyl/N-ethyl adjacent to an activating group) is 1. The highest BCUT2D eigenvalue weighted by Gasteiger charge is 2.38. The standard InChI is InChI=1S/C27H34ClN5O3/c1-29-9-11-31(12-10-29)26(34)19-33-18-22(21-8-7-20(28)17-24(21)33)27(35)32-15-13-30(14-16-32)23-5-3-4-6-25(23)36-2/h3-8,17,22H,9-16,18-19H2,1-2H3. The number of nitrogens with zero attached hydrogens (tertiary/aromatic N) is 5. The Morgan fingerprint density at radius 2 is 1.61 bits per heavy atom. The molecule has 0 bridgehead atoms. The molecule has 2 aromatic carbocycles. The lowest BCUT2D eigenvalue weighted by molar-refractivity contribution is -0.133. The van der Waals surface area contributed by atoms with Crippen molar-refractivity contribution in [3.63, 3.8) is 0 Å². The van der Waals surface area contributed by atoms with E-state index in [0.29, 0.717) is 24.7 Å². The van der Waals surface area contributed by atoms with E-state index in [4.69, 9.17) is 16.3 Å². The van der Waals surface area contributed by atoms with E-state index in [1.54, 1.807) is 7.11 Å². The Kier molecular flexibility index (Phi) is 7.25. The number of amides is 2. The topological polar surface area (TPSA) is 59.6 Å². The van der Waals surface area contributed by atoms with Gasteiger partial charge >= 0.3 is 0 Å². The van der Waals surface area contributed by atoms with Crippen LogP contribution < -0.4 is 14.5 Å². The van der Waals surface area contributed by atoms with Gasteiger partial charge < -0.3 is 29.2 Å². The number of carbonyl (C=O) groups excluding carboxylic acids is 2. The van der Waals surface area contributed by atoms with E-state index in [2.05, 4.69) is 22.9 Å². The molecule has 9 heteroatoms. The highest BCUT2D eigenvalue weighted by molar-refractivity contribution is 6.31. The maximum Gasteiger partial charge on any atom is 0.242 e. The first-order chi connectivity index (χ1) is 17.4. The number of benzene rings is 2. The van der Waals surface area contributed by atoms with Crippen molar-refractivity contribution in [2.45, 2.75) is 5.92 Å². The van der Waals surface area contributed by atoms with Crippen LogP contribution in [0, 0.1) is 0 Å². The number of rotatable bonds is 5. The molecule has 8 nitrogen and oxygen atoms in total. The molecule has 0 aliphatic carbocycles. The summed E-state index contributed by atoms with van der Waals surface area (Å²) < 4.78 is 5.52. The summed E-state index contributed by atoms with van der Waals surface area (Å²) in [7, 11) is 3.76. The molecule has 1 unspecified atom stereocenters. The summed E-state index contributed by atoms with van der Waals surface area (Å²) in [6.45, 7) is 6.81. The monoisotopic (exact) mass is 511 g/mol. The van der Waals surface area contributed by atoms with Gasteiger partial charge in [-0.05, 0) is 36.9 Å². The summed E-state index contributed by atoms with van der Waals surface area (Å²) in [5.74, 6) is 0.773. The van der Waals surface area contributed by atoms with E-state index in [1.165, 1.54) is 0 Å². The summed E-state index contributed by atoms with van der Waals surface area (Å²) in [4.78, 5) is 37.2. The van der Waals surface area contributed by atoms with Crippen LogP contribution in [0.2, 0.25) is 5.02 Å². The summed E-state index contributed by atoms with van der Waals surface area (Å²) in [5.41, 5.74) is 2.92. The van der Waals surface area contributed by atoms with Gasteiger partial charge in [0, 0.05) is 69.6 Å². The van der Waals surface area contributed by atoms with Crippen molar-refractivity contribution in [2.24, 2.45) is 0 Å². The van der Waals surface area contributed by atoms with Gasteiger partial charge in [0.05, 0.1) is 25.3 Å². The number of hydrogen-bond donors (Lipinski definition) is 0. The largest absolute Gasteiger partial charge is 0.495 e. The number of para-hydroxylation sites is 2. The smallest absolute Gasteiger partial charge is 0.242 e. The lowest BCUT2D eigenvalue weighted by Crippen LogP contribution is -2.51. The van der Waals surface area contributed by atoms with Gasteiger partial charge in [0.25, 0.3) is 0 Å². The van der Waals surface area contributed by atoms with E-state index in [9.17, 15) is 9.59 Å². The molecule has 3 heterocycles. The minimum absolute atomic E-state index is 0.104. The van der Waals surface area contributed by atoms with Crippen LogP contribution in [0.4, 0.5) is 11.4 Å². The maximum absolute atomic E-state index is 13.7. The molecular weight excluding hydrogens is 478 g/mol. The maximum atomic E-state index is 13.7. The quantitative estimate of drug-likeness (QED) is 0.614. The van der Waals surface area contributed by atoms with Gasteiger partial charge in [-0.15, -0.1) is 0 Å². The number of halogens is 1. The average molecular weight is 512 g/mol. The molecule has 3 aliphatic rings. The van der Waals surface area contributed by atoms with Crippen molar-refractivity contribution in [3.8, 4) is 5.75 Å². The second-order valence-electron chi connectivity index (χ2n) is 9.80. The number of ether oxygens (including phenoxy) is 1. The first kappa shape index (κ1) is 24.7. The Labute approximate surface area is 217 Å². The fraction of sp³-hybridized carbons (Fsp3) is 0.481. The molecule has 0 saturated carbocycles. The minimum atomic E-state index is -0.296. The zero-order valence-electron chi connectivity index (χ0n) is 21.0. The fourth-order valence-corrected chi connectivity index (χ4v) is 5.63. The minimum Gasteiger partial charge on any atom is -0.495 e. The van der Waals surface area contributed by atoms with Crippen LogP contribution >= 0.6 is 11.6 Å². The molecule has 5 rings (SSSR count). The van der Waals surface area contributed by atoms with Crippen molar-refractivity contribution in [1.29, 1.82) is 0 Å². The number of methoxy groups -OCH3 is 1. The molecule has 3 aliphatic heterocycles. The predicted octanol–water partition coefficient (Wildman–Crippen LogP) is 2.38. The van der Waals surface area contributed by atoms with Crippen molar-refractivity contribution in [2.75, 3.05) is 89.4 Å². The summed E-state index contributed by atoms with van der Waals surface area (Å²) in [6, 6.07) is 13.7. The summed E-state index contributed by atoms with van der Waals surface area (Å²) >= 11 is 6.33. The van der Waals surface area contributed by atoms with Crippen molar-refractivity contribution < 1.29 is 14.3 Å². The average Bonchev–Trinajstić information content (AvgIpc) is 3.25. The number of anilines is 2. The van der Waals surface area contributed by atoms with Gasteiger partial charge in [0.1, 0.15) is 5.75 Å². The Balaban J connectivity index is 1.26. The highest BCUT2D eigenvalue weighted by Crippen LogP contribution is 2.39. The summed E-state index contributed by atoms with van der Waals surface area (Å²) in [5, 5.41) is 0.615. The van der Waals surface area contributed by atoms with Crippen molar-refractivity contribution >= 4 is 34.8 Å². The second kappa shape index (κ2) is 10.6. The highest BCUT2D eigenvalue weighted by atomic mass is 35.5. The molecule has 0 spiro atoms. The van der Waals surface area contributed by atoms with Crippen molar-refractivity contribution in [1.82, 2.24) is 14.7 Å². The van der Waals surface area contributed by atoms with E-state index in [-0.39, 0.29) is 24.3 Å². The molecule has 36 heavy (non-hydrogen) atoms. The predicted molar refractivity (Wildman–Crippen MR) is 142 cm³/mol. The van der Waals surface area contributed by atoms with E-state index < -0.39 is 0 Å². The second-order valence-corrected chi connectivity index (χ2v) is 10.2. The van der Waals surface area contributed by atoms with Crippen LogP contribution in [0.15, 0.2) is 42.5 Å². The first-order valence-corrected chi connectivity index (χ1v) is 13.0. The molecule has 2 amide bonds. The third-order valence-corrected chi connectivity index (χ3v) is 7.84. The summed E-state index contributed by atoms with van der Waals surface area (Å²) in [6.07, 6.45) is 0. The SMILES string of the molecule is COc1ccccc1N1CCN(C(=O)C2CN(CC(=O)N3CCN(C)CC3)c3cc(Cl)ccc32)CC1. The Bertz CT molecular complexity index is 1110. The Morgan fingerprint density at radius 1 is 0.917 bits per heavy atom. The molecule has 2 saturated heterocycles. The third-order valence-electron chi connectivity index (χ3n) is 7.61. The zero-order chi connectivity index (χ0) is 25.2. The number of piperazine rings is 2. The molecule has 0 N–H and O–H groups in total. The van der Waals surface area contributed by atoms with Crippen LogP contribution in [0.25, 0.3) is 0 Å². The lowest BCUT2D eigenvalue weighted by atomic mass is 9.99. The zero-order valence-corrected chi connectivity index (χ0v) is 21.8. The first-order valence-electron chi connectivity index (χ1n) is 12.6. The van der Waals surface area contributed by atoms with Gasteiger partial charge in [-0.25, -0.2) is 0 Å². The molecule has 1 atom stereocenters. The van der Waals surface area contributed by atoms with Crippen molar-refractivity contribution in [3.05, 3.63) is 53.1 Å². The molecule has 2 aromatic rings. The normalized spacial score (nSPS) is 20.5. The molecule has 0 radical (unpaired) electrons. The molecular formula is C27H34ClN5O3. The van der Waals surface area contributed by atoms with Crippen LogP contribution in [0.3, 0.4) is 0 Å². The fourth-order valence-electron chi connectivity index (χ4n) is 5.46. The van der Waals surface area contributed by atoms with Gasteiger partial charge in [-0.1, -0.05) is 29.8 Å². The Hall–Kier alpha value is -2.97. The Morgan fingerprint density at radius 3 is 2.33 bits per heavy atom. The number of fused-ring (bicyclic) bond motifs is 1. The lowest BCUT2D eigenvalue weighted by Gasteiger charge is -2.37. The number of hydrogen-bond acceptors (Lipinski definition) is 6. The third kappa shape index (κ3) is 4.97. The van der Waals surface area contributed by atoms with Gasteiger partial charge in [-0.3, -0.25) is 9.59 Å². The van der Waals surface area contributed by atoms with Crippen LogP contribution in [-0.2, 0) is 9.59 Å².